The molecule has 18 rings (SSSR count). The number of aromatic hydroxyl groups is 1. The van der Waals surface area contributed by atoms with E-state index in [0.717, 1.165) is 17.1 Å². The summed E-state index contributed by atoms with van der Waals surface area (Å²) in [6, 6.07) is 52.6. The lowest BCUT2D eigenvalue weighted by atomic mass is 10.0. The quantitative estimate of drug-likeness (QED) is 0.0450. The second kappa shape index (κ2) is 36.0. The monoisotopic (exact) mass is 1690 g/mol. The van der Waals surface area contributed by atoms with Crippen molar-refractivity contribution >= 4 is 113 Å². The maximum Gasteiger partial charge on any atom is 0.339 e. The molecule has 12 aromatic carbocycles. The Labute approximate surface area is 691 Å². The number of aromatic amines is 6. The first-order valence-corrected chi connectivity index (χ1v) is 36.5. The molecule has 0 unspecified atom stereocenters. The van der Waals surface area contributed by atoms with E-state index in [2.05, 4.69) is 66.5 Å². The number of carbonyl (C=O) groups is 7. The number of hydrogen-bond acceptors (Lipinski definition) is 15. The van der Waals surface area contributed by atoms with E-state index >= 15 is 0 Å². The third-order valence-corrected chi connectivity index (χ3v) is 19.0. The molecule has 14 N–H and O–H groups in total. The Hall–Kier alpha value is -17.1. The Kier molecular flexibility index (Phi) is 24.6. The van der Waals surface area contributed by atoms with Crippen LogP contribution in [0.1, 0.15) is 80.2 Å². The van der Waals surface area contributed by atoms with Gasteiger partial charge >= 0.3 is 35.8 Å². The van der Waals surface area contributed by atoms with Gasteiger partial charge in [0.1, 0.15) is 91.8 Å². The highest BCUT2D eigenvalue weighted by Crippen LogP contribution is 2.38. The Bertz CT molecular complexity index is 6950. The molecule has 0 saturated heterocycles. The van der Waals surface area contributed by atoms with E-state index in [1.165, 1.54) is 135 Å². The normalized spacial score (nSPS) is 10.8. The highest BCUT2D eigenvalue weighted by Gasteiger charge is 2.24. The Morgan fingerprint density at radius 2 is 0.694 bits per heavy atom. The van der Waals surface area contributed by atoms with E-state index in [9.17, 15) is 79.6 Å². The van der Waals surface area contributed by atoms with E-state index < -0.39 is 64.6 Å². The number of anilines is 1. The van der Waals surface area contributed by atoms with Gasteiger partial charge in [0, 0.05) is 84.8 Å². The first kappa shape index (κ1) is 84.8. The highest BCUT2D eigenvalue weighted by molar-refractivity contribution is 6.09. The van der Waals surface area contributed by atoms with Crippen LogP contribution in [-0.2, 0) is 4.79 Å². The van der Waals surface area contributed by atoms with Gasteiger partial charge in [-0.2, -0.15) is 30.6 Å². The van der Waals surface area contributed by atoms with E-state index in [0.29, 0.717) is 139 Å². The molecule has 0 spiro atoms. The van der Waals surface area contributed by atoms with Crippen LogP contribution >= 0.6 is 0 Å². The van der Waals surface area contributed by atoms with Gasteiger partial charge in [-0.3, -0.25) is 35.4 Å². The van der Waals surface area contributed by atoms with E-state index in [1.807, 2.05) is 0 Å². The second-order valence-electron chi connectivity index (χ2n) is 27.3. The molecule has 0 aliphatic heterocycles. The summed E-state index contributed by atoms with van der Waals surface area (Å²) in [4.78, 5) is 78.2. The molecule has 0 saturated carbocycles. The lowest BCUT2D eigenvalue weighted by Crippen LogP contribution is -2.10. The van der Waals surface area contributed by atoms with Crippen LogP contribution in [0.3, 0.4) is 0 Å². The third kappa shape index (κ3) is 18.6. The number of carboxylic acid groups (broad SMARTS) is 6. The molecule has 1 amide bonds. The van der Waals surface area contributed by atoms with Crippen molar-refractivity contribution in [2.24, 2.45) is 0 Å². The molecule has 0 fully saturated rings. The summed E-state index contributed by atoms with van der Waals surface area (Å²) in [7, 11) is 1.45. The molecule has 6 aromatic heterocycles. The van der Waals surface area contributed by atoms with Gasteiger partial charge in [0.05, 0.1) is 73.9 Å². The van der Waals surface area contributed by atoms with Gasteiger partial charge in [0.25, 0.3) is 0 Å². The largest absolute Gasteiger partial charge is 0.507 e. The number of fused-ring (bicyclic) bond motifs is 6. The number of hydrogen-bond donors (Lipinski definition) is 14. The number of halogens is 7. The Morgan fingerprint density at radius 3 is 1.10 bits per heavy atom. The summed E-state index contributed by atoms with van der Waals surface area (Å²) in [5.74, 6) is -10.4. The van der Waals surface area contributed by atoms with Crippen molar-refractivity contribution in [3.05, 3.63) is 304 Å². The fraction of sp³-hybridized carbons (Fsp3) is 0.0449. The van der Waals surface area contributed by atoms with Crippen molar-refractivity contribution in [3.8, 4) is 79.0 Å². The number of ether oxygens (including phenoxy) is 1. The molecule has 6 heterocycles. The molecule has 0 aliphatic rings. The standard InChI is InChI=1S/C16H12FN3O3.C15H11FN2O3.2C15H11FN2O2.C14H8F2N2O2.C14H9FN2O3/c1-8(21)18-13-7-14-11(6-12(13)16(22)23)15(20-19-14)9-3-2-4-10(17)5-9;1-21-12-7-9(15(19)20)6-11-13(17-18-14(11)12)8-3-2-4-10(16)5-8;1-8-5-10(15(19)20)7-12-13(8)17-18-14(12)9-3-2-4-11(16)6-9;1-8-5-13-12(7-11(8)15(19)20)14(18-17-13)9-3-2-4-10(16)6-9;15-8-3-1-2-7(4-8)13-10-5-9(14(19)20)11(16)6-12(10)17-18-13;15-8-3-1-2-7(4-8)13-9-5-10(14(19)20)12(18)6-11(9)16-17-13/h2-7H,1H3,(H,18,21)(H,19,20)(H,22,23);2-7H,1H3,(H,17,18)(H,19,20);2*2-7H,1H3,(H,17,18)(H,19,20);1-6H,(H,17,18)(H,19,20);1-6,18H,(H,16,17)(H,19,20). The topological polar surface area (TPSA) is 454 Å². The van der Waals surface area contributed by atoms with Crippen LogP contribution in [0, 0.1) is 54.6 Å². The zero-order valence-corrected chi connectivity index (χ0v) is 64.5. The van der Waals surface area contributed by atoms with E-state index in [1.54, 1.807) is 105 Å². The van der Waals surface area contributed by atoms with Crippen LogP contribution in [-0.4, -0.2) is 146 Å². The van der Waals surface area contributed by atoms with Crippen molar-refractivity contribution < 1.29 is 105 Å². The second-order valence-corrected chi connectivity index (χ2v) is 27.3. The molecular formula is C89H62F7N13O15. The van der Waals surface area contributed by atoms with E-state index in [4.69, 9.17) is 25.2 Å². The van der Waals surface area contributed by atoms with Crippen LogP contribution in [0.15, 0.2) is 218 Å². The SMILES string of the molecule is CC(=O)Nc1cc2[nH]nc(-c3cccc(F)c3)c2cc1C(=O)O.COc1cc(C(=O)O)cc2c(-c3cccc(F)c3)n[nH]c12.Cc1cc(C(=O)O)cc2c(-c3cccc(F)c3)[nH]nc12.Cc1cc2[nH]nc(-c3cccc(F)c3)c2cc1C(=O)O.O=C(O)c1cc2c(-c3cccc(F)c3)n[nH]c2cc1F.O=C(O)c1cc2c(-c3cccc(F)c3)n[nH]c2cc1O. The average Bonchev–Trinajstić information content (AvgIpc) is 1.64. The summed E-state index contributed by atoms with van der Waals surface area (Å²) in [6.45, 7) is 4.82. The highest BCUT2D eigenvalue weighted by atomic mass is 19.2. The summed E-state index contributed by atoms with van der Waals surface area (Å²) in [6.07, 6.45) is 0. The van der Waals surface area contributed by atoms with Crippen LogP contribution in [0.5, 0.6) is 11.5 Å². The number of rotatable bonds is 14. The maximum absolute atomic E-state index is 13.6. The van der Waals surface area contributed by atoms with Crippen molar-refractivity contribution in [1.29, 1.82) is 0 Å². The third-order valence-electron chi connectivity index (χ3n) is 19.0. The zero-order chi connectivity index (χ0) is 88.6. The van der Waals surface area contributed by atoms with Crippen LogP contribution in [0.2, 0.25) is 0 Å². The van der Waals surface area contributed by atoms with Crippen molar-refractivity contribution in [2.75, 3.05) is 12.4 Å². The van der Waals surface area contributed by atoms with Gasteiger partial charge in [-0.15, -0.1) is 0 Å². The molecule has 28 nitrogen and oxygen atoms in total. The molecule has 0 radical (unpaired) electrons. The van der Waals surface area contributed by atoms with Crippen LogP contribution < -0.4 is 10.1 Å². The Balaban J connectivity index is 0.000000128. The zero-order valence-electron chi connectivity index (χ0n) is 64.5. The molecule has 0 atom stereocenters. The van der Waals surface area contributed by atoms with Gasteiger partial charge in [-0.1, -0.05) is 72.8 Å². The molecule has 0 bridgehead atoms. The molecule has 0 aliphatic carbocycles. The van der Waals surface area contributed by atoms with Gasteiger partial charge in [0.15, 0.2) is 0 Å². The molecule has 35 heteroatoms. The number of H-pyrrole nitrogens is 6. The van der Waals surface area contributed by atoms with Gasteiger partial charge in [0.2, 0.25) is 5.91 Å². The van der Waals surface area contributed by atoms with Gasteiger partial charge < -0.3 is 45.8 Å². The fourth-order valence-electron chi connectivity index (χ4n) is 13.3. The predicted molar refractivity (Wildman–Crippen MR) is 443 cm³/mol. The summed E-state index contributed by atoms with van der Waals surface area (Å²) >= 11 is 0. The van der Waals surface area contributed by atoms with Crippen LogP contribution in [0.4, 0.5) is 36.4 Å². The number of nitrogens with one attached hydrogen (secondary N) is 7. The summed E-state index contributed by atoms with van der Waals surface area (Å²) in [5.41, 5.74) is 10.9. The number of aromatic carboxylic acids is 6. The number of aromatic nitrogens is 12. The number of amides is 1. The number of aryl methyl sites for hydroxylation is 2. The summed E-state index contributed by atoms with van der Waals surface area (Å²) < 4.78 is 98.6. The van der Waals surface area contributed by atoms with Crippen molar-refractivity contribution in [2.45, 2.75) is 20.8 Å². The summed E-state index contributed by atoms with van der Waals surface area (Å²) in [5, 5.41) is 111. The Morgan fingerprint density at radius 1 is 0.339 bits per heavy atom. The van der Waals surface area contributed by atoms with Crippen LogP contribution in [0.25, 0.3) is 133 Å². The van der Waals surface area contributed by atoms with Crippen molar-refractivity contribution in [1.82, 2.24) is 61.2 Å². The van der Waals surface area contributed by atoms with Gasteiger partial charge in [-0.25, -0.2) is 59.5 Å². The van der Waals surface area contributed by atoms with E-state index in [-0.39, 0.29) is 62.6 Å². The predicted octanol–water partition coefficient (Wildman–Crippen LogP) is 18.8. The number of carboxylic acids is 6. The minimum absolute atomic E-state index is 0.0632. The lowest BCUT2D eigenvalue weighted by molar-refractivity contribution is -0.114. The maximum atomic E-state index is 13.6. The molecule has 124 heavy (non-hydrogen) atoms. The minimum atomic E-state index is -1.37. The number of methoxy groups -OCH3 is 1. The smallest absolute Gasteiger partial charge is 0.339 e. The number of carbonyl (C=O) groups excluding carboxylic acids is 1. The molecule has 18 aromatic rings. The first-order valence-electron chi connectivity index (χ1n) is 36.5. The number of nitrogens with zero attached hydrogens (tertiary/aromatic N) is 6. The van der Waals surface area contributed by atoms with Gasteiger partial charge in [-0.05, 0) is 158 Å². The van der Waals surface area contributed by atoms with Crippen molar-refractivity contribution in [3.63, 3.8) is 0 Å². The minimum Gasteiger partial charge on any atom is -0.507 e. The number of phenols is 1. The first-order chi connectivity index (χ1) is 59.3. The number of benzene rings is 12. The average molecular weight is 1690 g/mol. The molecule has 622 valence electrons. The molecular weight excluding hydrogens is 1620 g/mol. The lowest BCUT2D eigenvalue weighted by Gasteiger charge is -2.07. The fourth-order valence-corrected chi connectivity index (χ4v) is 13.3.